The normalized spacial score (nSPS) is 12.4. The van der Waals surface area contributed by atoms with Gasteiger partial charge in [-0.25, -0.2) is 9.98 Å². The Morgan fingerprint density at radius 2 is 1.80 bits per heavy atom. The zero-order valence-corrected chi connectivity index (χ0v) is 18.5. The summed E-state index contributed by atoms with van der Waals surface area (Å²) in [6, 6.07) is 8.26. The first-order valence-corrected chi connectivity index (χ1v) is 11.1. The van der Waals surface area contributed by atoms with E-state index in [-0.39, 0.29) is 0 Å². The van der Waals surface area contributed by atoms with Crippen LogP contribution in [-0.2, 0) is 25.7 Å². The lowest BCUT2D eigenvalue weighted by Gasteiger charge is -2.20. The summed E-state index contributed by atoms with van der Waals surface area (Å²) in [6.07, 6.45) is -3.99. The van der Waals surface area contributed by atoms with E-state index in [2.05, 4.69) is 51.5 Å². The molecule has 2 N–H and O–H groups in total. The molecule has 2 aromatic rings. The molecule has 0 amide bonds. The molecular formula is C21H30F3N5S. The molecule has 5 nitrogen and oxygen atoms in total. The number of alkyl halides is 3. The van der Waals surface area contributed by atoms with E-state index in [1.807, 2.05) is 19.1 Å². The van der Waals surface area contributed by atoms with E-state index in [1.54, 1.807) is 0 Å². The van der Waals surface area contributed by atoms with Gasteiger partial charge in [0.15, 0.2) is 11.7 Å². The number of thiazole rings is 1. The van der Waals surface area contributed by atoms with Gasteiger partial charge >= 0.3 is 6.18 Å². The van der Waals surface area contributed by atoms with Crippen molar-refractivity contribution < 1.29 is 13.2 Å². The van der Waals surface area contributed by atoms with Crippen molar-refractivity contribution in [1.82, 2.24) is 20.5 Å². The lowest BCUT2D eigenvalue weighted by atomic mass is 10.1. The minimum absolute atomic E-state index is 0.406. The van der Waals surface area contributed by atoms with Gasteiger partial charge in [-0.15, -0.1) is 11.3 Å². The van der Waals surface area contributed by atoms with Crippen molar-refractivity contribution in [1.29, 1.82) is 0 Å². The number of guanidine groups is 1. The largest absolute Gasteiger partial charge is 0.434 e. The number of aromatic nitrogens is 1. The van der Waals surface area contributed by atoms with E-state index >= 15 is 0 Å². The number of halogens is 3. The first-order valence-electron chi connectivity index (χ1n) is 10.2. The van der Waals surface area contributed by atoms with Gasteiger partial charge in [-0.2, -0.15) is 13.2 Å². The fourth-order valence-electron chi connectivity index (χ4n) is 2.90. The standard InChI is InChI=1S/C21H30F3N5S/c1-4-25-20(26-12-11-19-28-18(15-30-19)21(22,23)24)27-13-16-9-7-8-10-17(16)14-29(5-2)6-3/h7-10,15H,4-6,11-14H2,1-3H3,(H2,25,26,27). The summed E-state index contributed by atoms with van der Waals surface area (Å²) in [5.74, 6) is 0.641. The zero-order valence-electron chi connectivity index (χ0n) is 17.7. The van der Waals surface area contributed by atoms with E-state index in [9.17, 15) is 13.2 Å². The average molecular weight is 442 g/mol. The number of nitrogens with zero attached hydrogens (tertiary/aromatic N) is 3. The summed E-state index contributed by atoms with van der Waals surface area (Å²) < 4.78 is 38.0. The van der Waals surface area contributed by atoms with Crippen LogP contribution in [0.15, 0.2) is 34.6 Å². The molecule has 9 heteroatoms. The van der Waals surface area contributed by atoms with Gasteiger partial charge in [0.2, 0.25) is 0 Å². The molecule has 0 atom stereocenters. The van der Waals surface area contributed by atoms with Crippen molar-refractivity contribution in [2.75, 3.05) is 26.2 Å². The van der Waals surface area contributed by atoms with Gasteiger partial charge in [0.25, 0.3) is 0 Å². The van der Waals surface area contributed by atoms with E-state index in [4.69, 9.17) is 0 Å². The SMILES string of the molecule is CCNC(=NCc1ccccc1CN(CC)CC)NCCc1nc(C(F)(F)F)cs1. The van der Waals surface area contributed by atoms with Crippen LogP contribution < -0.4 is 10.6 Å². The third kappa shape index (κ3) is 7.60. The number of aliphatic imine (C=N–C) groups is 1. The van der Waals surface area contributed by atoms with Crippen LogP contribution in [0.3, 0.4) is 0 Å². The smallest absolute Gasteiger partial charge is 0.357 e. The Morgan fingerprint density at radius 3 is 2.40 bits per heavy atom. The summed E-state index contributed by atoms with van der Waals surface area (Å²) in [5, 5.41) is 7.88. The summed E-state index contributed by atoms with van der Waals surface area (Å²) in [4.78, 5) is 10.7. The molecule has 1 heterocycles. The van der Waals surface area contributed by atoms with Crippen molar-refractivity contribution >= 4 is 17.3 Å². The van der Waals surface area contributed by atoms with Gasteiger partial charge in [-0.05, 0) is 31.1 Å². The summed E-state index contributed by atoms with van der Waals surface area (Å²) in [7, 11) is 0. The Balaban J connectivity index is 1.97. The predicted molar refractivity (Wildman–Crippen MR) is 117 cm³/mol. The van der Waals surface area contributed by atoms with E-state index in [0.717, 1.165) is 41.9 Å². The fraction of sp³-hybridized carbons (Fsp3) is 0.524. The second-order valence-corrected chi connectivity index (χ2v) is 7.67. The summed E-state index contributed by atoms with van der Waals surface area (Å²) in [6.45, 7) is 10.8. The van der Waals surface area contributed by atoms with Crippen molar-refractivity contribution in [2.45, 2.75) is 46.5 Å². The number of benzene rings is 1. The molecule has 0 saturated heterocycles. The van der Waals surface area contributed by atoms with Crippen molar-refractivity contribution in [3.63, 3.8) is 0 Å². The third-order valence-corrected chi connectivity index (χ3v) is 5.54. The second-order valence-electron chi connectivity index (χ2n) is 6.73. The molecule has 0 aliphatic heterocycles. The molecule has 0 spiro atoms. The molecule has 0 aliphatic carbocycles. The predicted octanol–water partition coefficient (Wildman–Crippen LogP) is 4.30. The molecule has 0 fully saturated rings. The number of hydrogen-bond acceptors (Lipinski definition) is 4. The van der Waals surface area contributed by atoms with Gasteiger partial charge < -0.3 is 10.6 Å². The first-order chi connectivity index (χ1) is 14.4. The molecule has 1 aromatic carbocycles. The third-order valence-electron chi connectivity index (χ3n) is 4.63. The highest BCUT2D eigenvalue weighted by atomic mass is 32.1. The van der Waals surface area contributed by atoms with Crippen LogP contribution in [0.5, 0.6) is 0 Å². The van der Waals surface area contributed by atoms with Gasteiger partial charge in [-0.1, -0.05) is 38.1 Å². The minimum Gasteiger partial charge on any atom is -0.357 e. The van der Waals surface area contributed by atoms with E-state index < -0.39 is 11.9 Å². The molecule has 166 valence electrons. The Labute approximate surface area is 180 Å². The molecule has 1 aromatic heterocycles. The van der Waals surface area contributed by atoms with Crippen LogP contribution >= 0.6 is 11.3 Å². The van der Waals surface area contributed by atoms with E-state index in [0.29, 0.717) is 37.0 Å². The van der Waals surface area contributed by atoms with Gasteiger partial charge in [0.1, 0.15) is 0 Å². The second kappa shape index (κ2) is 11.9. The van der Waals surface area contributed by atoms with Crippen LogP contribution in [0, 0.1) is 0 Å². The highest BCUT2D eigenvalue weighted by Crippen LogP contribution is 2.30. The molecule has 0 saturated carbocycles. The topological polar surface area (TPSA) is 52.6 Å². The maximum atomic E-state index is 12.7. The molecule has 0 radical (unpaired) electrons. The lowest BCUT2D eigenvalue weighted by molar-refractivity contribution is -0.140. The monoisotopic (exact) mass is 441 g/mol. The Kier molecular flexibility index (Phi) is 9.58. The van der Waals surface area contributed by atoms with Crippen molar-refractivity contribution in [2.24, 2.45) is 4.99 Å². The van der Waals surface area contributed by atoms with Crippen LogP contribution in [0.25, 0.3) is 0 Å². The Hall–Kier alpha value is -2.13. The number of hydrogen-bond donors (Lipinski definition) is 2. The van der Waals surface area contributed by atoms with Crippen LogP contribution in [0.4, 0.5) is 13.2 Å². The Morgan fingerprint density at radius 1 is 1.10 bits per heavy atom. The molecule has 0 unspecified atom stereocenters. The van der Waals surface area contributed by atoms with Crippen molar-refractivity contribution in [3.05, 3.63) is 51.5 Å². The summed E-state index contributed by atoms with van der Waals surface area (Å²) in [5.41, 5.74) is 1.59. The van der Waals surface area contributed by atoms with E-state index in [1.165, 1.54) is 5.56 Å². The first kappa shape index (κ1) is 24.1. The lowest BCUT2D eigenvalue weighted by Crippen LogP contribution is -2.38. The maximum Gasteiger partial charge on any atom is 0.434 e. The minimum atomic E-state index is -4.39. The Bertz CT molecular complexity index is 800. The number of rotatable bonds is 10. The summed E-state index contributed by atoms with van der Waals surface area (Å²) >= 11 is 1.03. The van der Waals surface area contributed by atoms with Gasteiger partial charge in [0.05, 0.1) is 11.6 Å². The number of nitrogens with one attached hydrogen (secondary N) is 2. The van der Waals surface area contributed by atoms with Gasteiger partial charge in [-0.3, -0.25) is 4.90 Å². The van der Waals surface area contributed by atoms with Gasteiger partial charge in [0, 0.05) is 31.4 Å². The zero-order chi connectivity index (χ0) is 22.0. The molecule has 0 bridgehead atoms. The maximum absolute atomic E-state index is 12.7. The molecule has 30 heavy (non-hydrogen) atoms. The highest BCUT2D eigenvalue weighted by molar-refractivity contribution is 7.09. The fourth-order valence-corrected chi connectivity index (χ4v) is 3.71. The van der Waals surface area contributed by atoms with Crippen LogP contribution in [0.1, 0.15) is 42.6 Å². The highest BCUT2D eigenvalue weighted by Gasteiger charge is 2.33. The molecule has 2 rings (SSSR count). The molecular weight excluding hydrogens is 411 g/mol. The van der Waals surface area contributed by atoms with Crippen LogP contribution in [0.2, 0.25) is 0 Å². The van der Waals surface area contributed by atoms with Crippen molar-refractivity contribution in [3.8, 4) is 0 Å². The molecule has 0 aliphatic rings. The average Bonchev–Trinajstić information content (AvgIpc) is 3.20. The van der Waals surface area contributed by atoms with Crippen LogP contribution in [-0.4, -0.2) is 42.0 Å². The quantitative estimate of drug-likeness (QED) is 0.426.